The first-order valence-electron chi connectivity index (χ1n) is 11.4. The van der Waals surface area contributed by atoms with Crippen molar-refractivity contribution in [1.82, 2.24) is 0 Å². The summed E-state index contributed by atoms with van der Waals surface area (Å²) in [6.07, 6.45) is 0.702. The third kappa shape index (κ3) is 5.19. The molecule has 1 heterocycles. The van der Waals surface area contributed by atoms with Gasteiger partial charge in [0.1, 0.15) is 22.9 Å². The fourth-order valence-electron chi connectivity index (χ4n) is 5.01. The lowest BCUT2D eigenvalue weighted by molar-refractivity contribution is -0.189. The topological polar surface area (TPSA) is 18.5 Å². The van der Waals surface area contributed by atoms with Crippen LogP contribution in [0, 0.1) is 46.8 Å². The zero-order chi connectivity index (χ0) is 24.6. The smallest absolute Gasteiger partial charge is 0.429 e. The zero-order valence-electron chi connectivity index (χ0n) is 18.5. The van der Waals surface area contributed by atoms with Gasteiger partial charge in [-0.2, -0.15) is 8.78 Å². The van der Waals surface area contributed by atoms with Gasteiger partial charge in [-0.1, -0.05) is 19.8 Å². The Kier molecular flexibility index (Phi) is 7.12. The summed E-state index contributed by atoms with van der Waals surface area (Å²) in [6, 6.07) is 1.84. The molecule has 188 valence electrons. The zero-order valence-corrected chi connectivity index (χ0v) is 18.5. The quantitative estimate of drug-likeness (QED) is 0.311. The highest BCUT2D eigenvalue weighted by Gasteiger charge is 2.42. The first kappa shape index (κ1) is 24.8. The lowest BCUT2D eigenvalue weighted by atomic mass is 9.74. The average molecular weight is 492 g/mol. The molecule has 0 aromatic heterocycles. The molecule has 2 atom stereocenters. The normalized spacial score (nSPS) is 25.9. The van der Waals surface area contributed by atoms with E-state index in [0.717, 1.165) is 37.3 Å². The maximum absolute atomic E-state index is 14.6. The molecule has 2 aliphatic rings. The largest absolute Gasteiger partial charge is 0.432 e. The van der Waals surface area contributed by atoms with Gasteiger partial charge in [0.15, 0.2) is 17.5 Å². The van der Waals surface area contributed by atoms with E-state index in [1.807, 2.05) is 0 Å². The molecule has 0 bridgehead atoms. The minimum absolute atomic E-state index is 0. The van der Waals surface area contributed by atoms with Gasteiger partial charge in [-0.15, -0.1) is 0 Å². The third-order valence-electron chi connectivity index (χ3n) is 6.97. The summed E-state index contributed by atoms with van der Waals surface area (Å²) in [4.78, 5) is 0. The van der Waals surface area contributed by atoms with Gasteiger partial charge in [-0.25, -0.2) is 22.0 Å². The predicted octanol–water partition coefficient (Wildman–Crippen LogP) is 8.05. The molecule has 4 rings (SSSR count). The molecule has 1 aliphatic carbocycles. The monoisotopic (exact) mass is 492 g/mol. The lowest BCUT2D eigenvalue weighted by Crippen LogP contribution is -2.30. The van der Waals surface area contributed by atoms with Crippen molar-refractivity contribution in [1.29, 1.82) is 0 Å². The molecule has 0 amide bonds. The Morgan fingerprint density at radius 1 is 0.794 bits per heavy atom. The van der Waals surface area contributed by atoms with E-state index >= 15 is 0 Å². The predicted molar refractivity (Wildman–Crippen MR) is 112 cm³/mol. The van der Waals surface area contributed by atoms with Gasteiger partial charge in [-0.3, -0.25) is 0 Å². The molecule has 34 heavy (non-hydrogen) atoms. The summed E-state index contributed by atoms with van der Waals surface area (Å²) in [6.45, 7) is 2.68. The minimum Gasteiger partial charge on any atom is -0.429 e. The number of halogens is 7. The van der Waals surface area contributed by atoms with Crippen molar-refractivity contribution in [3.63, 3.8) is 0 Å². The highest BCUT2D eigenvalue weighted by atomic mass is 19.3. The van der Waals surface area contributed by atoms with Gasteiger partial charge in [0.2, 0.25) is 0 Å². The van der Waals surface area contributed by atoms with Crippen molar-refractivity contribution in [3.05, 3.63) is 64.5 Å². The Hall–Kier alpha value is -2.29. The summed E-state index contributed by atoms with van der Waals surface area (Å²) in [7, 11) is 0. The van der Waals surface area contributed by atoms with Crippen LogP contribution in [0.15, 0.2) is 24.3 Å². The minimum atomic E-state index is -4.61. The van der Waals surface area contributed by atoms with Crippen LogP contribution >= 0.6 is 0 Å². The standard InChI is InChI=1S/C25H25F7O2.H2/c1-13-2-4-14(5-3-13)15-6-7-22(33-12-15)16-8-18(26)23(19(27)9-16)25(31,32)34-17-10-20(28)24(30)21(29)11-17;/h8-11,13-15,22H,2-7,12H2,1H3;1H. The van der Waals surface area contributed by atoms with Crippen LogP contribution in [0.25, 0.3) is 0 Å². The van der Waals surface area contributed by atoms with Crippen LogP contribution in [0.3, 0.4) is 0 Å². The molecule has 1 aliphatic heterocycles. The molecule has 1 saturated heterocycles. The van der Waals surface area contributed by atoms with Crippen molar-refractivity contribution in [2.24, 2.45) is 17.8 Å². The van der Waals surface area contributed by atoms with Crippen LogP contribution < -0.4 is 4.74 Å². The van der Waals surface area contributed by atoms with Gasteiger partial charge in [0, 0.05) is 13.6 Å². The number of alkyl halides is 2. The molecule has 2 aromatic carbocycles. The second-order valence-corrected chi connectivity index (χ2v) is 9.36. The molecular weight excluding hydrogens is 465 g/mol. The first-order chi connectivity index (χ1) is 16.0. The second kappa shape index (κ2) is 9.76. The maximum Gasteiger partial charge on any atom is 0.432 e. The van der Waals surface area contributed by atoms with E-state index in [1.165, 1.54) is 12.8 Å². The number of hydrogen-bond acceptors (Lipinski definition) is 2. The van der Waals surface area contributed by atoms with E-state index in [1.54, 1.807) is 0 Å². The molecule has 0 radical (unpaired) electrons. The van der Waals surface area contributed by atoms with E-state index < -0.39 is 52.6 Å². The van der Waals surface area contributed by atoms with Crippen LogP contribution in [-0.2, 0) is 10.8 Å². The molecule has 0 N–H and O–H groups in total. The molecule has 2 aromatic rings. The van der Waals surface area contributed by atoms with Crippen LogP contribution in [0.2, 0.25) is 0 Å². The lowest BCUT2D eigenvalue weighted by Gasteiger charge is -2.37. The van der Waals surface area contributed by atoms with Crippen molar-refractivity contribution in [2.45, 2.75) is 57.7 Å². The number of ether oxygens (including phenoxy) is 2. The molecule has 0 spiro atoms. The fraction of sp³-hybridized carbons (Fsp3) is 0.520. The molecule has 1 saturated carbocycles. The van der Waals surface area contributed by atoms with Crippen LogP contribution in [0.4, 0.5) is 30.7 Å². The summed E-state index contributed by atoms with van der Waals surface area (Å²) >= 11 is 0. The van der Waals surface area contributed by atoms with Gasteiger partial charge >= 0.3 is 6.11 Å². The van der Waals surface area contributed by atoms with Gasteiger partial charge < -0.3 is 9.47 Å². The Morgan fingerprint density at radius 2 is 1.35 bits per heavy atom. The average Bonchev–Trinajstić information content (AvgIpc) is 2.77. The third-order valence-corrected chi connectivity index (χ3v) is 6.97. The van der Waals surface area contributed by atoms with E-state index in [0.29, 0.717) is 24.9 Å². The Morgan fingerprint density at radius 3 is 1.88 bits per heavy atom. The molecule has 2 nitrogen and oxygen atoms in total. The van der Waals surface area contributed by atoms with Gasteiger partial charge in [0.25, 0.3) is 0 Å². The van der Waals surface area contributed by atoms with Crippen LogP contribution in [0.5, 0.6) is 5.75 Å². The summed E-state index contributed by atoms with van der Waals surface area (Å²) < 4.78 is 108. The molecule has 2 unspecified atom stereocenters. The van der Waals surface area contributed by atoms with Crippen LogP contribution in [0.1, 0.15) is 64.1 Å². The molecule has 2 fully saturated rings. The molecular formula is C25H27F7O2. The van der Waals surface area contributed by atoms with Crippen molar-refractivity contribution in [3.8, 4) is 5.75 Å². The number of rotatable bonds is 5. The fourth-order valence-corrected chi connectivity index (χ4v) is 5.01. The van der Waals surface area contributed by atoms with Gasteiger partial charge in [0.05, 0.1) is 12.7 Å². The van der Waals surface area contributed by atoms with Crippen molar-refractivity contribution < 1.29 is 41.6 Å². The highest BCUT2D eigenvalue weighted by Crippen LogP contribution is 2.42. The SMILES string of the molecule is CC1CCC(C2CCC(c3cc(F)c(C(F)(F)Oc4cc(F)c(F)c(F)c4)c(F)c3)OC2)CC1.[HH]. The molecule has 9 heteroatoms. The number of benzene rings is 2. The maximum atomic E-state index is 14.6. The van der Waals surface area contributed by atoms with Crippen molar-refractivity contribution >= 4 is 0 Å². The summed E-state index contributed by atoms with van der Waals surface area (Å²) in [5.41, 5.74) is -1.63. The first-order valence-corrected chi connectivity index (χ1v) is 11.4. The summed E-state index contributed by atoms with van der Waals surface area (Å²) in [5.74, 6) is -8.09. The van der Waals surface area contributed by atoms with Gasteiger partial charge in [-0.05, 0) is 61.1 Å². The van der Waals surface area contributed by atoms with E-state index in [4.69, 9.17) is 4.74 Å². The summed E-state index contributed by atoms with van der Waals surface area (Å²) in [5, 5.41) is 0. The Labute approximate surface area is 194 Å². The number of hydrogen-bond donors (Lipinski definition) is 0. The Bertz CT molecular complexity index is 986. The van der Waals surface area contributed by atoms with E-state index in [-0.39, 0.29) is 19.1 Å². The van der Waals surface area contributed by atoms with Crippen LogP contribution in [-0.4, -0.2) is 6.61 Å². The van der Waals surface area contributed by atoms with Crippen molar-refractivity contribution in [2.75, 3.05) is 6.61 Å². The second-order valence-electron chi connectivity index (χ2n) is 9.36. The van der Waals surface area contributed by atoms with E-state index in [2.05, 4.69) is 11.7 Å². The Balaban J connectivity index is 0.00000342. The highest BCUT2D eigenvalue weighted by molar-refractivity contribution is 5.32. The van der Waals surface area contributed by atoms with E-state index in [9.17, 15) is 30.7 Å².